The molecule has 5 N–H and O–H groups in total. The second-order valence-corrected chi connectivity index (χ2v) is 10.9. The molecule has 0 aliphatic rings. The number of nitrogens with zero attached hydrogens (tertiary/aromatic N) is 1. The Balaban J connectivity index is 0.000000286. The van der Waals surface area contributed by atoms with Crippen molar-refractivity contribution < 1.29 is 4.42 Å². The van der Waals surface area contributed by atoms with E-state index < -0.39 is 0 Å². The van der Waals surface area contributed by atoms with Crippen LogP contribution in [-0.4, -0.2) is 29.9 Å². The van der Waals surface area contributed by atoms with Crippen LogP contribution in [0.1, 0.15) is 37.1 Å². The fraction of sp³-hybridized carbons (Fsp3) is 0.132. The number of benzene rings is 2. The third-order valence-corrected chi connectivity index (χ3v) is 8.04. The second-order valence-electron chi connectivity index (χ2n) is 9.02. The summed E-state index contributed by atoms with van der Waals surface area (Å²) in [6.07, 6.45) is 11.1. The molecule has 0 fully saturated rings. The monoisotopic (exact) mass is 668 g/mol. The molecule has 0 aliphatic heterocycles. The van der Waals surface area contributed by atoms with Gasteiger partial charge in [0.05, 0.1) is 44.2 Å². The summed E-state index contributed by atoms with van der Waals surface area (Å²) in [6.45, 7) is 0. The number of para-hydroxylation sites is 3. The molecule has 10 aromatic rings. The minimum absolute atomic E-state index is 0. The van der Waals surface area contributed by atoms with Gasteiger partial charge in [0.2, 0.25) is 0 Å². The zero-order valence-electron chi connectivity index (χ0n) is 22.5. The number of imidazole rings is 1. The number of aromatic nitrogens is 6. The molecular weight excluding hydrogens is 621 g/mol. The molecule has 0 saturated heterocycles. The van der Waals surface area contributed by atoms with E-state index in [1.54, 1.807) is 35.3 Å². The van der Waals surface area contributed by atoms with E-state index in [-0.39, 0.29) is 37.1 Å². The van der Waals surface area contributed by atoms with Gasteiger partial charge in [0, 0.05) is 41.8 Å². The lowest BCUT2D eigenvalue weighted by atomic mass is 10.3. The molecule has 0 saturated carbocycles. The van der Waals surface area contributed by atoms with Crippen LogP contribution in [0.5, 0.6) is 0 Å². The van der Waals surface area contributed by atoms with Crippen molar-refractivity contribution in [2.24, 2.45) is 0 Å². The third kappa shape index (κ3) is 10.4. The highest BCUT2D eigenvalue weighted by atomic mass is 32.1. The highest BCUT2D eigenvalue weighted by molar-refractivity contribution is 7.17. The summed E-state index contributed by atoms with van der Waals surface area (Å²) in [5.41, 5.74) is 6.55. The fourth-order valence-electron chi connectivity index (χ4n) is 4.20. The summed E-state index contributed by atoms with van der Waals surface area (Å²) < 4.78 is 6.36. The zero-order valence-corrected chi connectivity index (χ0v) is 24.1. The molecule has 8 aromatic heterocycles. The number of hydrogen-bond donors (Lipinski definition) is 5. The number of nitrogens with one attached hydrogen (secondary N) is 5. The Bertz CT molecular complexity index is 1780. The number of furan rings is 1. The zero-order chi connectivity index (χ0) is 28.4. The van der Waals surface area contributed by atoms with Crippen molar-refractivity contribution in [3.8, 4) is 0 Å². The van der Waals surface area contributed by atoms with E-state index in [2.05, 4.69) is 83.1 Å². The van der Waals surface area contributed by atoms with Crippen molar-refractivity contribution in [2.75, 3.05) is 0 Å². The van der Waals surface area contributed by atoms with E-state index in [1.165, 1.54) is 31.3 Å². The Morgan fingerprint density at radius 1 is 0.489 bits per heavy atom. The quantitative estimate of drug-likeness (QED) is 0.111. The molecule has 0 radical (unpaired) electrons. The van der Waals surface area contributed by atoms with Crippen LogP contribution in [0.4, 0.5) is 0 Å². The van der Waals surface area contributed by atoms with Gasteiger partial charge < -0.3 is 29.3 Å². The van der Waals surface area contributed by atoms with Gasteiger partial charge in [-0.15, -0.1) is 22.7 Å². The standard InChI is InChI=1S/C8H7N.C7H6N2.C6H5NO.2C6H5NS.5CH4/c1-2-4-8-7(3-1)5-6-9-8;1-2-4-7-6(3-1)8-5-9-7;2*1-3-7-5-2-4-8-6(1)5;1-3-7-6-5(1)2-4-8-6;;;;;/h1-6,9H;1-5H,(H,8,9);3*1-4,7H;5*1H4. The van der Waals surface area contributed by atoms with Crippen molar-refractivity contribution >= 4 is 76.1 Å². The molecule has 0 spiro atoms. The maximum atomic E-state index is 5.03. The van der Waals surface area contributed by atoms with Gasteiger partial charge in [0.1, 0.15) is 0 Å². The van der Waals surface area contributed by atoms with E-state index in [0.717, 1.165) is 22.1 Å². The maximum absolute atomic E-state index is 5.03. The Labute approximate surface area is 285 Å². The SMILES string of the molecule is C.C.C.C.C.c1cc2ccsc2[nH]1.c1cc2occc2[nH]1.c1cc2sccc2[nH]1.c1ccc2[nH]ccc2c1.c1ccc2[nH]cnc2c1. The van der Waals surface area contributed by atoms with Gasteiger partial charge in [0.15, 0.2) is 5.58 Å². The van der Waals surface area contributed by atoms with Gasteiger partial charge in [-0.05, 0) is 70.7 Å². The first-order valence-corrected chi connectivity index (χ1v) is 15.0. The molecule has 9 heteroatoms. The highest BCUT2D eigenvalue weighted by Crippen LogP contribution is 2.18. The van der Waals surface area contributed by atoms with Crippen LogP contribution < -0.4 is 0 Å². The smallest absolute Gasteiger partial charge is 0.151 e. The number of thiophene rings is 2. The molecule has 8 heterocycles. The van der Waals surface area contributed by atoms with Crippen molar-refractivity contribution in [1.29, 1.82) is 0 Å². The number of H-pyrrole nitrogens is 5. The van der Waals surface area contributed by atoms with Gasteiger partial charge in [0.25, 0.3) is 0 Å². The molecule has 0 amide bonds. The molecular formula is C38H48N6OS2. The van der Waals surface area contributed by atoms with Crippen LogP contribution >= 0.6 is 22.7 Å². The lowest BCUT2D eigenvalue weighted by Crippen LogP contribution is -1.63. The normalized spacial score (nSPS) is 9.28. The Morgan fingerprint density at radius 3 is 1.91 bits per heavy atom. The van der Waals surface area contributed by atoms with Crippen LogP contribution in [-0.2, 0) is 0 Å². The van der Waals surface area contributed by atoms with E-state index >= 15 is 0 Å². The molecule has 10 rings (SSSR count). The first-order valence-electron chi connectivity index (χ1n) is 13.3. The topological polar surface area (TPSA) is 105 Å². The lowest BCUT2D eigenvalue weighted by Gasteiger charge is -1.83. The summed E-state index contributed by atoms with van der Waals surface area (Å²) in [5.74, 6) is 0. The van der Waals surface area contributed by atoms with Crippen LogP contribution in [0, 0.1) is 0 Å². The second kappa shape index (κ2) is 20.0. The van der Waals surface area contributed by atoms with Crippen molar-refractivity contribution in [2.45, 2.75) is 37.1 Å². The number of aromatic amines is 5. The summed E-state index contributed by atoms with van der Waals surface area (Å²) in [5, 5.41) is 6.76. The van der Waals surface area contributed by atoms with E-state index in [1.807, 2.05) is 73.3 Å². The highest BCUT2D eigenvalue weighted by Gasteiger charge is 1.92. The summed E-state index contributed by atoms with van der Waals surface area (Å²) in [7, 11) is 0. The van der Waals surface area contributed by atoms with Crippen LogP contribution in [0.2, 0.25) is 0 Å². The molecule has 248 valence electrons. The van der Waals surface area contributed by atoms with Gasteiger partial charge in [-0.3, -0.25) is 0 Å². The third-order valence-electron chi connectivity index (χ3n) is 6.30. The van der Waals surface area contributed by atoms with Gasteiger partial charge in [-0.1, -0.05) is 67.5 Å². The van der Waals surface area contributed by atoms with Crippen LogP contribution in [0.3, 0.4) is 0 Å². The van der Waals surface area contributed by atoms with E-state index in [0.29, 0.717) is 0 Å². The Kier molecular flexibility index (Phi) is 16.9. The molecule has 0 aliphatic carbocycles. The fourth-order valence-corrected chi connectivity index (χ4v) is 5.71. The summed E-state index contributed by atoms with van der Waals surface area (Å²) >= 11 is 3.50. The van der Waals surface area contributed by atoms with Gasteiger partial charge in [-0.25, -0.2) is 4.98 Å². The lowest BCUT2D eigenvalue weighted by molar-refractivity contribution is 0.616. The minimum Gasteiger partial charge on any atom is -0.463 e. The average molecular weight is 669 g/mol. The molecule has 0 bridgehead atoms. The largest absolute Gasteiger partial charge is 0.463 e. The van der Waals surface area contributed by atoms with Crippen LogP contribution in [0.25, 0.3) is 53.5 Å². The minimum atomic E-state index is 0. The molecule has 47 heavy (non-hydrogen) atoms. The van der Waals surface area contributed by atoms with Gasteiger partial charge >= 0.3 is 0 Å². The predicted octanol–water partition coefficient (Wildman–Crippen LogP) is 13.1. The van der Waals surface area contributed by atoms with E-state index in [4.69, 9.17) is 4.42 Å². The first-order chi connectivity index (χ1) is 20.8. The summed E-state index contributed by atoms with van der Waals surface area (Å²) in [6, 6.07) is 30.4. The van der Waals surface area contributed by atoms with E-state index in [9.17, 15) is 0 Å². The molecule has 0 unspecified atom stereocenters. The van der Waals surface area contributed by atoms with Crippen LogP contribution in [0.15, 0.2) is 144 Å². The molecule has 7 nitrogen and oxygen atoms in total. The predicted molar refractivity (Wildman–Crippen MR) is 211 cm³/mol. The van der Waals surface area contributed by atoms with Crippen molar-refractivity contribution in [3.05, 3.63) is 139 Å². The van der Waals surface area contributed by atoms with Crippen molar-refractivity contribution in [3.63, 3.8) is 0 Å². The summed E-state index contributed by atoms with van der Waals surface area (Å²) in [4.78, 5) is 20.7. The van der Waals surface area contributed by atoms with Crippen molar-refractivity contribution in [1.82, 2.24) is 29.9 Å². The maximum Gasteiger partial charge on any atom is 0.151 e. The average Bonchev–Trinajstić information content (AvgIpc) is 3.86. The molecule has 0 atom stereocenters. The number of fused-ring (bicyclic) bond motifs is 5. The Hall–Kier alpha value is -5.25. The first kappa shape index (κ1) is 39.8. The molecule has 2 aromatic carbocycles. The number of rotatable bonds is 0. The Morgan fingerprint density at radius 2 is 1.15 bits per heavy atom. The number of hydrogen-bond acceptors (Lipinski definition) is 4. The van der Waals surface area contributed by atoms with Gasteiger partial charge in [-0.2, -0.15) is 0 Å².